The van der Waals surface area contributed by atoms with Gasteiger partial charge in [-0.25, -0.2) is 13.1 Å². The average molecular weight is 451 g/mol. The Bertz CT molecular complexity index is 941. The molecule has 1 amide bonds. The van der Waals surface area contributed by atoms with E-state index in [1.54, 1.807) is 19.1 Å². The first kappa shape index (κ1) is 22.6. The van der Waals surface area contributed by atoms with Gasteiger partial charge in [0, 0.05) is 62.1 Å². The van der Waals surface area contributed by atoms with Crippen molar-refractivity contribution >= 4 is 38.9 Å². The lowest BCUT2D eigenvalue weighted by Gasteiger charge is -2.36. The normalized spacial score (nSPS) is 15.2. The van der Waals surface area contributed by atoms with Crippen LogP contribution in [0.5, 0.6) is 0 Å². The molecule has 162 valence electrons. The number of anilines is 2. The minimum Gasteiger partial charge on any atom is -0.369 e. The van der Waals surface area contributed by atoms with Gasteiger partial charge in [-0.05, 0) is 48.5 Å². The molecule has 2 aromatic carbocycles. The first-order valence-electron chi connectivity index (χ1n) is 10.00. The van der Waals surface area contributed by atoms with E-state index < -0.39 is 10.0 Å². The zero-order chi connectivity index (χ0) is 21.6. The Morgan fingerprint density at radius 1 is 1.00 bits per heavy atom. The quantitative estimate of drug-likeness (QED) is 0.646. The second kappa shape index (κ2) is 10.3. The molecule has 0 bridgehead atoms. The van der Waals surface area contributed by atoms with Crippen LogP contribution in [0.25, 0.3) is 0 Å². The van der Waals surface area contributed by atoms with E-state index in [9.17, 15) is 13.2 Å². The molecule has 1 aliphatic rings. The van der Waals surface area contributed by atoms with E-state index in [0.717, 1.165) is 36.9 Å². The van der Waals surface area contributed by atoms with Crippen LogP contribution in [0.2, 0.25) is 5.02 Å². The highest BCUT2D eigenvalue weighted by molar-refractivity contribution is 7.89. The van der Waals surface area contributed by atoms with Crippen LogP contribution < -0.4 is 14.9 Å². The van der Waals surface area contributed by atoms with Crippen LogP contribution >= 0.6 is 11.6 Å². The second-order valence-electron chi connectivity index (χ2n) is 7.13. The van der Waals surface area contributed by atoms with E-state index in [4.69, 9.17) is 11.6 Å². The first-order valence-corrected chi connectivity index (χ1v) is 11.9. The van der Waals surface area contributed by atoms with Gasteiger partial charge in [-0.3, -0.25) is 9.69 Å². The largest absolute Gasteiger partial charge is 0.369 e. The lowest BCUT2D eigenvalue weighted by molar-refractivity contribution is -0.115. The van der Waals surface area contributed by atoms with Crippen molar-refractivity contribution in [1.82, 2.24) is 9.62 Å². The smallest absolute Gasteiger partial charge is 0.240 e. The van der Waals surface area contributed by atoms with Crippen molar-refractivity contribution in [3.63, 3.8) is 0 Å². The summed E-state index contributed by atoms with van der Waals surface area (Å²) in [4.78, 5) is 16.1. The minimum atomic E-state index is -3.58. The first-order chi connectivity index (χ1) is 14.4. The summed E-state index contributed by atoms with van der Waals surface area (Å²) in [6.07, 6.45) is 0.371. The van der Waals surface area contributed by atoms with Crippen LogP contribution in [0.3, 0.4) is 0 Å². The molecule has 1 fully saturated rings. The summed E-state index contributed by atoms with van der Waals surface area (Å²) in [6, 6.07) is 14.0. The highest BCUT2D eigenvalue weighted by Crippen LogP contribution is 2.19. The summed E-state index contributed by atoms with van der Waals surface area (Å²) < 4.78 is 27.6. The average Bonchev–Trinajstić information content (AvgIpc) is 2.75. The molecule has 0 atom stereocenters. The number of amides is 1. The van der Waals surface area contributed by atoms with Crippen LogP contribution in [0.4, 0.5) is 11.4 Å². The number of sulfonamides is 1. The zero-order valence-corrected chi connectivity index (χ0v) is 18.5. The molecular weight excluding hydrogens is 424 g/mol. The van der Waals surface area contributed by atoms with Crippen LogP contribution in [-0.4, -0.2) is 58.5 Å². The third-order valence-electron chi connectivity index (χ3n) is 5.05. The molecule has 0 saturated carbocycles. The van der Waals surface area contributed by atoms with Crippen molar-refractivity contribution in [2.45, 2.75) is 18.2 Å². The van der Waals surface area contributed by atoms with Crippen LogP contribution in [0.1, 0.15) is 13.3 Å². The van der Waals surface area contributed by atoms with E-state index in [-0.39, 0.29) is 10.8 Å². The Hall–Kier alpha value is -2.13. The molecule has 3 rings (SSSR count). The standard InChI is InChI=1S/C21H27ClN4O3S/c1-2-21(27)24-18-5-9-20(10-6-18)30(28,29)23-11-12-25-13-15-26(16-14-25)19-7-3-17(22)4-8-19/h3-10,23H,2,11-16H2,1H3,(H,24,27). The Morgan fingerprint density at radius 2 is 1.63 bits per heavy atom. The maximum Gasteiger partial charge on any atom is 0.240 e. The van der Waals surface area contributed by atoms with Crippen molar-refractivity contribution < 1.29 is 13.2 Å². The van der Waals surface area contributed by atoms with E-state index in [2.05, 4.69) is 19.8 Å². The van der Waals surface area contributed by atoms with Gasteiger partial charge >= 0.3 is 0 Å². The fourth-order valence-electron chi connectivity index (χ4n) is 3.27. The van der Waals surface area contributed by atoms with Crippen LogP contribution in [0, 0.1) is 0 Å². The summed E-state index contributed by atoms with van der Waals surface area (Å²) in [7, 11) is -3.58. The van der Waals surface area contributed by atoms with E-state index >= 15 is 0 Å². The number of halogens is 1. The summed E-state index contributed by atoms with van der Waals surface area (Å²) in [5.74, 6) is -0.111. The third-order valence-corrected chi connectivity index (χ3v) is 6.78. The third kappa shape index (κ3) is 6.18. The predicted molar refractivity (Wildman–Crippen MR) is 121 cm³/mol. The molecule has 1 saturated heterocycles. The molecule has 0 unspecified atom stereocenters. The van der Waals surface area contributed by atoms with Crippen molar-refractivity contribution in [2.75, 3.05) is 49.5 Å². The van der Waals surface area contributed by atoms with Gasteiger partial charge in [0.25, 0.3) is 0 Å². The molecule has 2 N–H and O–H groups in total. The Morgan fingerprint density at radius 3 is 2.23 bits per heavy atom. The topological polar surface area (TPSA) is 81.7 Å². The number of nitrogens with zero attached hydrogens (tertiary/aromatic N) is 2. The fraction of sp³-hybridized carbons (Fsp3) is 0.381. The number of nitrogens with one attached hydrogen (secondary N) is 2. The van der Waals surface area contributed by atoms with Gasteiger partial charge in [0.2, 0.25) is 15.9 Å². The van der Waals surface area contributed by atoms with Crippen molar-refractivity contribution in [3.05, 3.63) is 53.6 Å². The molecule has 2 aromatic rings. The second-order valence-corrected chi connectivity index (χ2v) is 9.33. The number of rotatable bonds is 8. The molecular formula is C21H27ClN4O3S. The molecule has 9 heteroatoms. The highest BCUT2D eigenvalue weighted by Gasteiger charge is 2.18. The summed E-state index contributed by atoms with van der Waals surface area (Å²) in [5, 5.41) is 3.43. The molecule has 0 spiro atoms. The van der Waals surface area contributed by atoms with Gasteiger partial charge in [-0.1, -0.05) is 18.5 Å². The van der Waals surface area contributed by atoms with Gasteiger partial charge in [-0.15, -0.1) is 0 Å². The van der Waals surface area contributed by atoms with E-state index in [1.165, 1.54) is 12.1 Å². The van der Waals surface area contributed by atoms with Crippen molar-refractivity contribution in [3.8, 4) is 0 Å². The number of carbonyl (C=O) groups is 1. The van der Waals surface area contributed by atoms with Gasteiger partial charge in [0.15, 0.2) is 0 Å². The molecule has 30 heavy (non-hydrogen) atoms. The molecule has 0 aliphatic carbocycles. The Kier molecular flexibility index (Phi) is 7.71. The van der Waals surface area contributed by atoms with Gasteiger partial charge < -0.3 is 10.2 Å². The highest BCUT2D eigenvalue weighted by atomic mass is 35.5. The molecule has 1 heterocycles. The fourth-order valence-corrected chi connectivity index (χ4v) is 4.42. The molecule has 1 aliphatic heterocycles. The van der Waals surface area contributed by atoms with Gasteiger partial charge in [-0.2, -0.15) is 0 Å². The molecule has 7 nitrogen and oxygen atoms in total. The number of piperazine rings is 1. The lowest BCUT2D eigenvalue weighted by Crippen LogP contribution is -2.48. The van der Waals surface area contributed by atoms with Crippen LogP contribution in [-0.2, 0) is 14.8 Å². The Labute approximate surface area is 183 Å². The zero-order valence-electron chi connectivity index (χ0n) is 17.0. The summed E-state index contributed by atoms with van der Waals surface area (Å²) in [5.41, 5.74) is 1.73. The number of carbonyl (C=O) groups excluding carboxylic acids is 1. The van der Waals surface area contributed by atoms with E-state index in [0.29, 0.717) is 25.2 Å². The number of benzene rings is 2. The van der Waals surface area contributed by atoms with Crippen molar-refractivity contribution in [1.29, 1.82) is 0 Å². The predicted octanol–water partition coefficient (Wildman–Crippen LogP) is 2.79. The van der Waals surface area contributed by atoms with Gasteiger partial charge in [0.05, 0.1) is 4.90 Å². The van der Waals surface area contributed by atoms with Gasteiger partial charge in [0.1, 0.15) is 0 Å². The number of hydrogen-bond acceptors (Lipinski definition) is 5. The summed E-state index contributed by atoms with van der Waals surface area (Å²) in [6.45, 7) is 6.27. The maximum absolute atomic E-state index is 12.5. The molecule has 0 aromatic heterocycles. The monoisotopic (exact) mass is 450 g/mol. The maximum atomic E-state index is 12.5. The summed E-state index contributed by atoms with van der Waals surface area (Å²) >= 11 is 5.95. The van der Waals surface area contributed by atoms with Crippen LogP contribution in [0.15, 0.2) is 53.4 Å². The minimum absolute atomic E-state index is 0.111. The van der Waals surface area contributed by atoms with Crippen molar-refractivity contribution in [2.24, 2.45) is 0 Å². The number of hydrogen-bond donors (Lipinski definition) is 2. The molecule has 0 radical (unpaired) electrons. The SMILES string of the molecule is CCC(=O)Nc1ccc(S(=O)(=O)NCCN2CCN(c3ccc(Cl)cc3)CC2)cc1. The Balaban J connectivity index is 1.44. The van der Waals surface area contributed by atoms with E-state index in [1.807, 2.05) is 24.3 Å². The lowest BCUT2D eigenvalue weighted by atomic mass is 10.2.